The van der Waals surface area contributed by atoms with Crippen LogP contribution in [0.25, 0.3) is 0 Å². The van der Waals surface area contributed by atoms with Gasteiger partial charge in [0.05, 0.1) is 6.54 Å². The minimum atomic E-state index is -0.222. The maximum atomic E-state index is 12.5. The van der Waals surface area contributed by atoms with E-state index in [0.717, 1.165) is 32.6 Å². The van der Waals surface area contributed by atoms with Crippen molar-refractivity contribution in [3.8, 4) is 0 Å². The molecule has 2 unspecified atom stereocenters. The van der Waals surface area contributed by atoms with Crippen molar-refractivity contribution in [2.75, 3.05) is 53.4 Å². The second-order valence-electron chi connectivity index (χ2n) is 6.51. The Morgan fingerprint density at radius 2 is 2.05 bits per heavy atom. The highest BCUT2D eigenvalue weighted by atomic mass is 16.2. The minimum Gasteiger partial charge on any atom is -0.347 e. The molecule has 2 atom stereocenters. The molecule has 0 saturated carbocycles. The second kappa shape index (κ2) is 7.22. The monoisotopic (exact) mass is 296 g/mol. The van der Waals surface area contributed by atoms with Crippen molar-refractivity contribution in [3.63, 3.8) is 0 Å². The van der Waals surface area contributed by atoms with Crippen LogP contribution in [0, 0.1) is 5.92 Å². The molecular weight excluding hydrogens is 268 g/mol. The molecule has 0 aromatic heterocycles. The predicted molar refractivity (Wildman–Crippen MR) is 81.9 cm³/mol. The molecule has 0 aromatic rings. The maximum absolute atomic E-state index is 12.5. The van der Waals surface area contributed by atoms with Crippen molar-refractivity contribution >= 4 is 11.8 Å². The van der Waals surface area contributed by atoms with E-state index in [0.29, 0.717) is 19.0 Å². The zero-order chi connectivity index (χ0) is 15.4. The first-order chi connectivity index (χ1) is 9.99. The van der Waals surface area contributed by atoms with Crippen molar-refractivity contribution in [1.29, 1.82) is 0 Å². The molecule has 0 aromatic carbocycles. The summed E-state index contributed by atoms with van der Waals surface area (Å²) in [6.07, 6.45) is 2.30. The van der Waals surface area contributed by atoms with Crippen LogP contribution in [0.15, 0.2) is 0 Å². The lowest BCUT2D eigenvalue weighted by molar-refractivity contribution is -0.139. The molecule has 0 aliphatic carbocycles. The second-order valence-corrected chi connectivity index (χ2v) is 6.51. The summed E-state index contributed by atoms with van der Waals surface area (Å²) in [6, 6.07) is -0.222. The van der Waals surface area contributed by atoms with Crippen molar-refractivity contribution < 1.29 is 9.59 Å². The Morgan fingerprint density at radius 1 is 1.29 bits per heavy atom. The van der Waals surface area contributed by atoms with Gasteiger partial charge in [0.15, 0.2) is 0 Å². The van der Waals surface area contributed by atoms with Gasteiger partial charge in [-0.1, -0.05) is 6.92 Å². The standard InChI is InChI=1S/C15H28N4O2/c1-12-5-4-7-19(10-12)14(20)11-18-8-6-16-9-13(18)15(21)17(2)3/h12-13,16H,4-11H2,1-3H3. The maximum Gasteiger partial charge on any atom is 0.240 e. The molecule has 120 valence electrons. The lowest BCUT2D eigenvalue weighted by atomic mass is 10.0. The van der Waals surface area contributed by atoms with E-state index in [1.54, 1.807) is 19.0 Å². The molecule has 2 fully saturated rings. The van der Waals surface area contributed by atoms with Gasteiger partial charge in [0.1, 0.15) is 6.04 Å². The summed E-state index contributed by atoms with van der Waals surface area (Å²) in [5.41, 5.74) is 0. The highest BCUT2D eigenvalue weighted by Gasteiger charge is 2.32. The van der Waals surface area contributed by atoms with Crippen LogP contribution in [0.5, 0.6) is 0 Å². The van der Waals surface area contributed by atoms with Crippen molar-refractivity contribution in [1.82, 2.24) is 20.0 Å². The van der Waals surface area contributed by atoms with E-state index < -0.39 is 0 Å². The quantitative estimate of drug-likeness (QED) is 0.770. The summed E-state index contributed by atoms with van der Waals surface area (Å²) >= 11 is 0. The summed E-state index contributed by atoms with van der Waals surface area (Å²) in [5.74, 6) is 0.826. The number of amides is 2. The Kier molecular flexibility index (Phi) is 5.58. The highest BCUT2D eigenvalue weighted by molar-refractivity contribution is 5.84. The van der Waals surface area contributed by atoms with Crippen LogP contribution in [0.1, 0.15) is 19.8 Å². The fraction of sp³-hybridized carbons (Fsp3) is 0.867. The van der Waals surface area contributed by atoms with E-state index in [4.69, 9.17) is 0 Å². The lowest BCUT2D eigenvalue weighted by Crippen LogP contribution is -2.59. The number of likely N-dealkylation sites (tertiary alicyclic amines) is 1. The van der Waals surface area contributed by atoms with Gasteiger partial charge in [0.2, 0.25) is 11.8 Å². The van der Waals surface area contributed by atoms with Crippen molar-refractivity contribution in [2.24, 2.45) is 5.92 Å². The van der Waals surface area contributed by atoms with Gasteiger partial charge in [-0.05, 0) is 18.8 Å². The third-order valence-corrected chi connectivity index (χ3v) is 4.43. The predicted octanol–water partition coefficient (Wildman–Crippen LogP) is -0.393. The van der Waals surface area contributed by atoms with Gasteiger partial charge in [0.25, 0.3) is 0 Å². The van der Waals surface area contributed by atoms with Gasteiger partial charge in [-0.3, -0.25) is 14.5 Å². The molecule has 2 aliphatic heterocycles. The van der Waals surface area contributed by atoms with E-state index in [2.05, 4.69) is 12.2 Å². The molecule has 0 radical (unpaired) electrons. The smallest absolute Gasteiger partial charge is 0.240 e. The average molecular weight is 296 g/mol. The molecule has 2 heterocycles. The van der Waals surface area contributed by atoms with Gasteiger partial charge < -0.3 is 15.1 Å². The molecule has 21 heavy (non-hydrogen) atoms. The van der Waals surface area contributed by atoms with Crippen molar-refractivity contribution in [3.05, 3.63) is 0 Å². The lowest BCUT2D eigenvalue weighted by Gasteiger charge is -2.38. The number of carbonyl (C=O) groups is 2. The molecule has 0 spiro atoms. The fourth-order valence-electron chi connectivity index (χ4n) is 3.17. The Bertz CT molecular complexity index is 386. The van der Waals surface area contributed by atoms with Crippen LogP contribution in [-0.4, -0.2) is 85.9 Å². The summed E-state index contributed by atoms with van der Waals surface area (Å²) in [6.45, 7) is 6.49. The first-order valence-electron chi connectivity index (χ1n) is 7.92. The largest absolute Gasteiger partial charge is 0.347 e. The number of carbonyl (C=O) groups excluding carboxylic acids is 2. The molecule has 1 N–H and O–H groups in total. The van der Waals surface area contributed by atoms with Crippen LogP contribution in [0.4, 0.5) is 0 Å². The van der Waals surface area contributed by atoms with Crippen LogP contribution in [0.3, 0.4) is 0 Å². The van der Waals surface area contributed by atoms with E-state index in [-0.39, 0.29) is 17.9 Å². The summed E-state index contributed by atoms with van der Waals surface area (Å²) in [5, 5.41) is 3.25. The molecule has 2 saturated heterocycles. The Balaban J connectivity index is 1.95. The minimum absolute atomic E-state index is 0.0713. The molecule has 2 amide bonds. The number of piperidine rings is 1. The van der Waals surface area contributed by atoms with Crippen LogP contribution < -0.4 is 5.32 Å². The number of likely N-dealkylation sites (N-methyl/N-ethyl adjacent to an activating group) is 1. The zero-order valence-corrected chi connectivity index (χ0v) is 13.5. The van der Waals surface area contributed by atoms with Crippen LogP contribution in [0.2, 0.25) is 0 Å². The molecule has 2 rings (SSSR count). The summed E-state index contributed by atoms with van der Waals surface area (Å²) in [7, 11) is 3.53. The van der Waals surface area contributed by atoms with Gasteiger partial charge in [0, 0.05) is 46.8 Å². The van der Waals surface area contributed by atoms with Gasteiger partial charge >= 0.3 is 0 Å². The van der Waals surface area contributed by atoms with E-state index >= 15 is 0 Å². The number of rotatable bonds is 3. The number of piperazine rings is 1. The highest BCUT2D eigenvalue weighted by Crippen LogP contribution is 2.16. The first kappa shape index (κ1) is 16.2. The number of hydrogen-bond acceptors (Lipinski definition) is 4. The van der Waals surface area contributed by atoms with Crippen molar-refractivity contribution in [2.45, 2.75) is 25.8 Å². The van der Waals surface area contributed by atoms with Crippen LogP contribution >= 0.6 is 0 Å². The summed E-state index contributed by atoms with van der Waals surface area (Å²) in [4.78, 5) is 30.3. The van der Waals surface area contributed by atoms with E-state index in [1.807, 2.05) is 9.80 Å². The normalized spacial score (nSPS) is 27.5. The average Bonchev–Trinajstić information content (AvgIpc) is 2.47. The third kappa shape index (κ3) is 4.17. The Morgan fingerprint density at radius 3 is 2.71 bits per heavy atom. The molecular formula is C15H28N4O2. The topological polar surface area (TPSA) is 55.9 Å². The van der Waals surface area contributed by atoms with E-state index in [1.165, 1.54) is 6.42 Å². The molecule has 6 heteroatoms. The van der Waals surface area contributed by atoms with Gasteiger partial charge in [-0.25, -0.2) is 0 Å². The van der Waals surface area contributed by atoms with Gasteiger partial charge in [-0.2, -0.15) is 0 Å². The Hall–Kier alpha value is -1.14. The van der Waals surface area contributed by atoms with E-state index in [9.17, 15) is 9.59 Å². The summed E-state index contributed by atoms with van der Waals surface area (Å²) < 4.78 is 0. The number of nitrogens with zero attached hydrogens (tertiary/aromatic N) is 3. The fourth-order valence-corrected chi connectivity index (χ4v) is 3.17. The van der Waals surface area contributed by atoms with Gasteiger partial charge in [-0.15, -0.1) is 0 Å². The molecule has 2 aliphatic rings. The first-order valence-corrected chi connectivity index (χ1v) is 7.92. The molecule has 6 nitrogen and oxygen atoms in total. The zero-order valence-electron chi connectivity index (χ0n) is 13.5. The number of hydrogen-bond donors (Lipinski definition) is 1. The van der Waals surface area contributed by atoms with Crippen LogP contribution in [-0.2, 0) is 9.59 Å². The molecule has 0 bridgehead atoms. The number of nitrogens with one attached hydrogen (secondary N) is 1. The SMILES string of the molecule is CC1CCCN(C(=O)CN2CCNCC2C(=O)N(C)C)C1. The third-order valence-electron chi connectivity index (χ3n) is 4.43. The Labute approximate surface area is 127 Å².